The maximum atomic E-state index is 12.3. The largest absolute Gasteiger partial charge is 0.378 e. The first-order valence-electron chi connectivity index (χ1n) is 9.31. The van der Waals surface area contributed by atoms with Crippen molar-refractivity contribution in [2.45, 2.75) is 43.8 Å². The van der Waals surface area contributed by atoms with Crippen LogP contribution >= 0.6 is 11.8 Å². The third-order valence-corrected chi connectivity index (χ3v) is 5.34. The summed E-state index contributed by atoms with van der Waals surface area (Å²) in [7, 11) is 0. The van der Waals surface area contributed by atoms with E-state index in [1.807, 2.05) is 39.0 Å². The van der Waals surface area contributed by atoms with Gasteiger partial charge in [-0.15, -0.1) is 10.2 Å². The fourth-order valence-corrected chi connectivity index (χ4v) is 3.74. The summed E-state index contributed by atoms with van der Waals surface area (Å²) in [5.41, 5.74) is 1.17. The van der Waals surface area contributed by atoms with E-state index in [1.165, 1.54) is 17.3 Å². The molecule has 2 aromatic rings. The average Bonchev–Trinajstić information content (AvgIpc) is 3.05. The first-order chi connectivity index (χ1) is 13.0. The predicted molar refractivity (Wildman–Crippen MR) is 107 cm³/mol. The molecule has 1 aliphatic rings. The molecule has 7 nitrogen and oxygen atoms in total. The van der Waals surface area contributed by atoms with Crippen molar-refractivity contribution in [1.29, 1.82) is 0 Å². The highest BCUT2D eigenvalue weighted by Gasteiger charge is 2.24. The normalized spacial score (nSPS) is 15.8. The number of hydrogen-bond donors (Lipinski definition) is 1. The zero-order valence-corrected chi connectivity index (χ0v) is 16.9. The molecule has 146 valence electrons. The Morgan fingerprint density at radius 1 is 1.19 bits per heavy atom. The molecule has 3 rings (SSSR count). The molecular formula is C19H27N5O2S. The number of ether oxygens (including phenoxy) is 1. The molecule has 0 unspecified atom stereocenters. The Hall–Kier alpha value is -2.06. The van der Waals surface area contributed by atoms with Gasteiger partial charge in [-0.05, 0) is 26.3 Å². The van der Waals surface area contributed by atoms with Crippen LogP contribution in [0.5, 0.6) is 0 Å². The molecule has 27 heavy (non-hydrogen) atoms. The molecule has 0 radical (unpaired) electrons. The van der Waals surface area contributed by atoms with Crippen LogP contribution in [0.25, 0.3) is 0 Å². The van der Waals surface area contributed by atoms with Crippen LogP contribution in [-0.2, 0) is 16.1 Å². The Morgan fingerprint density at radius 3 is 2.56 bits per heavy atom. The number of benzene rings is 1. The first kappa shape index (κ1) is 19.7. The number of hydrogen-bond acceptors (Lipinski definition) is 6. The summed E-state index contributed by atoms with van der Waals surface area (Å²) >= 11 is 1.44. The van der Waals surface area contributed by atoms with Crippen molar-refractivity contribution in [2.75, 3.05) is 31.2 Å². The lowest BCUT2D eigenvalue weighted by molar-refractivity contribution is -0.120. The van der Waals surface area contributed by atoms with Gasteiger partial charge in [-0.3, -0.25) is 9.36 Å². The van der Waals surface area contributed by atoms with Gasteiger partial charge in [0.1, 0.15) is 0 Å². The van der Waals surface area contributed by atoms with E-state index in [1.54, 1.807) is 0 Å². The minimum atomic E-state index is -0.247. The number of carbonyl (C=O) groups excluding carboxylic acids is 1. The fraction of sp³-hybridized carbons (Fsp3) is 0.526. The van der Waals surface area contributed by atoms with Crippen molar-refractivity contribution in [3.05, 3.63) is 35.9 Å². The van der Waals surface area contributed by atoms with Crippen LogP contribution in [0.4, 0.5) is 5.95 Å². The molecule has 2 heterocycles. The summed E-state index contributed by atoms with van der Waals surface area (Å²) < 4.78 is 7.56. The fourth-order valence-electron chi connectivity index (χ4n) is 2.88. The Morgan fingerprint density at radius 2 is 1.89 bits per heavy atom. The standard InChI is InChI=1S/C19H27N5O2S/c1-14(2)20-17(25)15(3)27-19-22-21-18(23-9-11-26-12-10-23)24(19)13-16-7-5-4-6-8-16/h4-8,14-15H,9-13H2,1-3H3,(H,20,25)/t15-/m0/s1. The third-order valence-electron chi connectivity index (χ3n) is 4.26. The quantitative estimate of drug-likeness (QED) is 0.732. The molecule has 0 bridgehead atoms. The number of amides is 1. The zero-order chi connectivity index (χ0) is 19.2. The van der Waals surface area contributed by atoms with Gasteiger partial charge in [-0.1, -0.05) is 42.1 Å². The Bertz CT molecular complexity index is 744. The molecular weight excluding hydrogens is 362 g/mol. The monoisotopic (exact) mass is 389 g/mol. The van der Waals surface area contributed by atoms with Crippen molar-refractivity contribution in [1.82, 2.24) is 20.1 Å². The van der Waals surface area contributed by atoms with Gasteiger partial charge in [0.2, 0.25) is 11.9 Å². The summed E-state index contributed by atoms with van der Waals surface area (Å²) in [6, 6.07) is 10.4. The van der Waals surface area contributed by atoms with Crippen LogP contribution in [-0.4, -0.2) is 58.3 Å². The summed E-state index contributed by atoms with van der Waals surface area (Å²) in [6.45, 7) is 9.46. The van der Waals surface area contributed by atoms with Gasteiger partial charge in [0.25, 0.3) is 0 Å². The number of aromatic nitrogens is 3. The molecule has 1 aromatic carbocycles. The molecule has 1 aromatic heterocycles. The van der Waals surface area contributed by atoms with Gasteiger partial charge in [0.05, 0.1) is 25.0 Å². The van der Waals surface area contributed by atoms with E-state index < -0.39 is 0 Å². The van der Waals surface area contributed by atoms with Gasteiger partial charge in [0, 0.05) is 19.1 Å². The second-order valence-corrected chi connectivity index (χ2v) is 8.19. The second kappa shape index (κ2) is 9.23. The third kappa shape index (κ3) is 5.23. The topological polar surface area (TPSA) is 72.3 Å². The van der Waals surface area contributed by atoms with E-state index in [0.717, 1.165) is 24.2 Å². The van der Waals surface area contributed by atoms with Crippen molar-refractivity contribution < 1.29 is 9.53 Å². The summed E-state index contributed by atoms with van der Waals surface area (Å²) in [4.78, 5) is 14.5. The van der Waals surface area contributed by atoms with Crippen LogP contribution < -0.4 is 10.2 Å². The molecule has 0 spiro atoms. The van der Waals surface area contributed by atoms with Crippen molar-refractivity contribution in [3.8, 4) is 0 Å². The molecule has 1 saturated heterocycles. The summed E-state index contributed by atoms with van der Waals surface area (Å²) in [5, 5.41) is 12.3. The molecule has 1 N–H and O–H groups in total. The number of rotatable bonds is 7. The number of nitrogens with one attached hydrogen (secondary N) is 1. The highest BCUT2D eigenvalue weighted by atomic mass is 32.2. The lowest BCUT2D eigenvalue weighted by atomic mass is 10.2. The maximum absolute atomic E-state index is 12.3. The van der Waals surface area contributed by atoms with Crippen LogP contribution in [0.1, 0.15) is 26.3 Å². The highest BCUT2D eigenvalue weighted by molar-refractivity contribution is 8.00. The molecule has 0 saturated carbocycles. The lowest BCUT2D eigenvalue weighted by Gasteiger charge is -2.28. The zero-order valence-electron chi connectivity index (χ0n) is 16.1. The SMILES string of the molecule is CC(C)NC(=O)[C@H](C)Sc1nnc(N2CCOCC2)n1Cc1ccccc1. The van der Waals surface area contributed by atoms with E-state index in [-0.39, 0.29) is 17.2 Å². The highest BCUT2D eigenvalue weighted by Crippen LogP contribution is 2.27. The van der Waals surface area contributed by atoms with Gasteiger partial charge in [-0.25, -0.2) is 0 Å². The Labute approximate surface area is 164 Å². The van der Waals surface area contributed by atoms with Gasteiger partial charge < -0.3 is 15.0 Å². The number of nitrogens with zero attached hydrogens (tertiary/aromatic N) is 4. The van der Waals surface area contributed by atoms with Gasteiger partial charge in [0.15, 0.2) is 5.16 Å². The van der Waals surface area contributed by atoms with Crippen molar-refractivity contribution in [3.63, 3.8) is 0 Å². The van der Waals surface area contributed by atoms with E-state index >= 15 is 0 Å². The van der Waals surface area contributed by atoms with Crippen molar-refractivity contribution >= 4 is 23.6 Å². The Kier molecular flexibility index (Phi) is 6.73. The maximum Gasteiger partial charge on any atom is 0.233 e. The molecule has 1 fully saturated rings. The van der Waals surface area contributed by atoms with Crippen LogP contribution in [0.2, 0.25) is 0 Å². The molecule has 1 aliphatic heterocycles. The van der Waals surface area contributed by atoms with Gasteiger partial charge >= 0.3 is 0 Å². The van der Waals surface area contributed by atoms with Crippen molar-refractivity contribution in [2.24, 2.45) is 0 Å². The predicted octanol–water partition coefficient (Wildman–Crippen LogP) is 2.17. The molecule has 1 atom stereocenters. The van der Waals surface area contributed by atoms with E-state index in [2.05, 4.69) is 37.1 Å². The van der Waals surface area contributed by atoms with E-state index in [4.69, 9.17) is 4.74 Å². The van der Waals surface area contributed by atoms with Crippen LogP contribution in [0, 0.1) is 0 Å². The Balaban J connectivity index is 1.84. The smallest absolute Gasteiger partial charge is 0.233 e. The summed E-state index contributed by atoms with van der Waals surface area (Å²) in [5.74, 6) is 0.846. The second-order valence-electron chi connectivity index (χ2n) is 6.88. The first-order valence-corrected chi connectivity index (χ1v) is 10.2. The average molecular weight is 390 g/mol. The number of thioether (sulfide) groups is 1. The van der Waals surface area contributed by atoms with Gasteiger partial charge in [-0.2, -0.15) is 0 Å². The lowest BCUT2D eigenvalue weighted by Crippen LogP contribution is -2.38. The molecule has 0 aliphatic carbocycles. The van der Waals surface area contributed by atoms with E-state index in [0.29, 0.717) is 19.8 Å². The molecule has 1 amide bonds. The molecule has 8 heteroatoms. The van der Waals surface area contributed by atoms with Crippen LogP contribution in [0.3, 0.4) is 0 Å². The van der Waals surface area contributed by atoms with Crippen LogP contribution in [0.15, 0.2) is 35.5 Å². The minimum Gasteiger partial charge on any atom is -0.378 e. The number of anilines is 1. The minimum absolute atomic E-state index is 0.0113. The number of morpholine rings is 1. The summed E-state index contributed by atoms with van der Waals surface area (Å²) in [6.07, 6.45) is 0. The van der Waals surface area contributed by atoms with E-state index in [9.17, 15) is 4.79 Å². The number of carbonyl (C=O) groups is 1.